The van der Waals surface area contributed by atoms with Gasteiger partial charge in [0.05, 0.1) is 10.3 Å². The number of rotatable bonds is 2. The quantitative estimate of drug-likeness (QED) is 0.168. The van der Waals surface area contributed by atoms with Crippen molar-refractivity contribution in [3.05, 3.63) is 113 Å². The Bertz CT molecular complexity index is 1890. The standard InChI is InChI=1S/C23H17N2OS.C11H8N.Ir/c1-13-9-10-16-15-6-4-7-17(22(15)26-23(16)25-13)19-11-18-14-5-2-3-8-20(14)27-21(18)12-24-19;1-2-6-10(7-3-1)11-8-4-5-9-12-11;/h4,6,9-12H,2-3,5,8H2,1H3;1-6,8-9H;/q2*-1;. The summed E-state index contributed by atoms with van der Waals surface area (Å²) in [6.07, 6.45) is 8.79. The fourth-order valence-electron chi connectivity index (χ4n) is 5.28. The Kier molecular flexibility index (Phi) is 7.57. The maximum Gasteiger partial charge on any atom is 0.216 e. The molecule has 0 N–H and O–H groups in total. The average molecular weight is 716 g/mol. The summed E-state index contributed by atoms with van der Waals surface area (Å²) in [4.78, 5) is 15.1. The van der Waals surface area contributed by atoms with Crippen LogP contribution in [0.1, 0.15) is 29.0 Å². The summed E-state index contributed by atoms with van der Waals surface area (Å²) in [5, 5.41) is 3.47. The Morgan fingerprint density at radius 1 is 0.825 bits per heavy atom. The molecule has 5 aromatic heterocycles. The number of aryl methyl sites for hydroxylation is 3. The van der Waals surface area contributed by atoms with Gasteiger partial charge in [-0.1, -0.05) is 29.1 Å². The first kappa shape index (κ1) is 26.5. The molecular formula is C34H25IrN3OS-2. The van der Waals surface area contributed by atoms with Gasteiger partial charge < -0.3 is 14.4 Å². The van der Waals surface area contributed by atoms with Crippen molar-refractivity contribution in [3.8, 4) is 22.5 Å². The fourth-order valence-corrected chi connectivity index (χ4v) is 6.53. The number of aromatic nitrogens is 3. The van der Waals surface area contributed by atoms with Gasteiger partial charge in [-0.15, -0.1) is 65.4 Å². The molecule has 6 heteroatoms. The molecule has 2 aromatic carbocycles. The molecule has 0 bridgehead atoms. The third kappa shape index (κ3) is 4.99. The normalized spacial score (nSPS) is 12.5. The summed E-state index contributed by atoms with van der Waals surface area (Å²) in [5.41, 5.74) is 7.84. The van der Waals surface area contributed by atoms with Gasteiger partial charge in [0.25, 0.3) is 0 Å². The average Bonchev–Trinajstić information content (AvgIpc) is 3.56. The van der Waals surface area contributed by atoms with Gasteiger partial charge in [-0.25, -0.2) is 4.98 Å². The zero-order chi connectivity index (χ0) is 26.2. The fraction of sp³-hybridized carbons (Fsp3) is 0.147. The Labute approximate surface area is 250 Å². The molecule has 1 radical (unpaired) electrons. The zero-order valence-electron chi connectivity index (χ0n) is 21.9. The maximum absolute atomic E-state index is 6.15. The molecule has 0 saturated heterocycles. The maximum atomic E-state index is 6.15. The molecule has 1 aliphatic carbocycles. The number of benzene rings is 2. The van der Waals surface area contributed by atoms with Gasteiger partial charge in [0.2, 0.25) is 5.71 Å². The number of hydrogen-bond donors (Lipinski definition) is 0. The SMILES string of the molecule is Cc1ccc2c(n1)oc1c(-c3cc4c5c(sc4cn3)CCCC5)[c-]ccc12.[Ir].[c-]1ccccc1-c1ccccn1. The second kappa shape index (κ2) is 11.4. The number of nitrogens with zero attached hydrogens (tertiary/aromatic N) is 3. The molecule has 0 amide bonds. The van der Waals surface area contributed by atoms with Crippen LogP contribution in [-0.4, -0.2) is 15.0 Å². The largest absolute Gasteiger partial charge is 0.486 e. The third-order valence-electron chi connectivity index (χ3n) is 7.19. The predicted octanol–water partition coefficient (Wildman–Crippen LogP) is 8.79. The van der Waals surface area contributed by atoms with Crippen LogP contribution < -0.4 is 0 Å². The van der Waals surface area contributed by atoms with Gasteiger partial charge in [-0.3, -0.25) is 0 Å². The molecular weight excluding hydrogens is 691 g/mol. The molecule has 0 saturated carbocycles. The number of hydrogen-bond acceptors (Lipinski definition) is 5. The van der Waals surface area contributed by atoms with Crippen molar-refractivity contribution in [1.29, 1.82) is 0 Å². The zero-order valence-corrected chi connectivity index (χ0v) is 25.1. The van der Waals surface area contributed by atoms with Crippen LogP contribution in [0.2, 0.25) is 0 Å². The molecule has 0 unspecified atom stereocenters. The first-order valence-electron chi connectivity index (χ1n) is 13.2. The first-order chi connectivity index (χ1) is 19.2. The van der Waals surface area contributed by atoms with Crippen LogP contribution >= 0.6 is 11.3 Å². The third-order valence-corrected chi connectivity index (χ3v) is 8.43. The molecule has 1 aliphatic rings. The Morgan fingerprint density at radius 2 is 1.73 bits per heavy atom. The topological polar surface area (TPSA) is 51.8 Å². The molecule has 4 nitrogen and oxygen atoms in total. The molecule has 7 aromatic rings. The van der Waals surface area contributed by atoms with E-state index < -0.39 is 0 Å². The van der Waals surface area contributed by atoms with Gasteiger partial charge >= 0.3 is 0 Å². The van der Waals surface area contributed by atoms with E-state index >= 15 is 0 Å². The van der Waals surface area contributed by atoms with Gasteiger partial charge in [0, 0.05) is 48.5 Å². The van der Waals surface area contributed by atoms with Crippen molar-refractivity contribution in [2.45, 2.75) is 32.6 Å². The van der Waals surface area contributed by atoms with E-state index in [2.05, 4.69) is 34.2 Å². The summed E-state index contributed by atoms with van der Waals surface area (Å²) >= 11 is 1.91. The van der Waals surface area contributed by atoms with E-state index in [1.807, 2.05) is 85.1 Å². The van der Waals surface area contributed by atoms with Crippen molar-refractivity contribution < 1.29 is 24.5 Å². The molecule has 40 heavy (non-hydrogen) atoms. The van der Waals surface area contributed by atoms with E-state index in [9.17, 15) is 0 Å². The van der Waals surface area contributed by atoms with Crippen molar-refractivity contribution in [2.75, 3.05) is 0 Å². The summed E-state index contributed by atoms with van der Waals surface area (Å²) in [6.45, 7) is 1.98. The van der Waals surface area contributed by atoms with E-state index in [0.29, 0.717) is 5.71 Å². The van der Waals surface area contributed by atoms with Crippen molar-refractivity contribution in [2.24, 2.45) is 0 Å². The minimum atomic E-state index is 0. The van der Waals surface area contributed by atoms with Crippen molar-refractivity contribution in [1.82, 2.24) is 15.0 Å². The summed E-state index contributed by atoms with van der Waals surface area (Å²) < 4.78 is 7.44. The van der Waals surface area contributed by atoms with E-state index in [4.69, 9.17) is 9.40 Å². The second-order valence-corrected chi connectivity index (χ2v) is 10.9. The first-order valence-corrected chi connectivity index (χ1v) is 14.1. The molecule has 5 heterocycles. The van der Waals surface area contributed by atoms with E-state index in [1.165, 1.54) is 41.3 Å². The van der Waals surface area contributed by atoms with Crippen LogP contribution in [0.5, 0.6) is 0 Å². The molecule has 199 valence electrons. The van der Waals surface area contributed by atoms with Crippen molar-refractivity contribution >= 4 is 43.5 Å². The van der Waals surface area contributed by atoms with Gasteiger partial charge in [-0.2, -0.15) is 0 Å². The van der Waals surface area contributed by atoms with Crippen LogP contribution in [0, 0.1) is 19.1 Å². The molecule has 0 spiro atoms. The van der Waals surface area contributed by atoms with Crippen LogP contribution in [0.3, 0.4) is 0 Å². The van der Waals surface area contributed by atoms with Gasteiger partial charge in [0.15, 0.2) is 0 Å². The van der Waals surface area contributed by atoms with Crippen LogP contribution in [-0.2, 0) is 32.9 Å². The van der Waals surface area contributed by atoms with Crippen LogP contribution in [0.25, 0.3) is 54.7 Å². The van der Waals surface area contributed by atoms with Crippen LogP contribution in [0.4, 0.5) is 0 Å². The Morgan fingerprint density at radius 3 is 2.58 bits per heavy atom. The van der Waals surface area contributed by atoms with Crippen LogP contribution in [0.15, 0.2) is 89.6 Å². The number of furan rings is 1. The van der Waals surface area contributed by atoms with E-state index in [-0.39, 0.29) is 20.1 Å². The summed E-state index contributed by atoms with van der Waals surface area (Å²) in [7, 11) is 0. The predicted molar refractivity (Wildman–Crippen MR) is 159 cm³/mol. The number of thiophene rings is 1. The van der Waals surface area contributed by atoms with E-state index in [1.54, 1.807) is 11.1 Å². The number of fused-ring (bicyclic) bond motifs is 6. The van der Waals surface area contributed by atoms with Crippen molar-refractivity contribution in [3.63, 3.8) is 0 Å². The molecule has 8 rings (SSSR count). The molecule has 0 fully saturated rings. The minimum Gasteiger partial charge on any atom is -0.486 e. The number of pyridine rings is 3. The smallest absolute Gasteiger partial charge is 0.216 e. The Balaban J connectivity index is 0.000000188. The molecule has 0 atom stereocenters. The van der Waals surface area contributed by atoms with Gasteiger partial charge in [0.1, 0.15) is 0 Å². The summed E-state index contributed by atoms with van der Waals surface area (Å²) in [5.74, 6) is 0. The minimum absolute atomic E-state index is 0. The summed E-state index contributed by atoms with van der Waals surface area (Å²) in [6, 6.07) is 30.5. The van der Waals surface area contributed by atoms with Gasteiger partial charge in [-0.05, 0) is 73.1 Å². The Hall–Kier alpha value is -3.70. The van der Waals surface area contributed by atoms with E-state index in [0.717, 1.165) is 44.6 Å². The molecule has 0 aliphatic heterocycles. The monoisotopic (exact) mass is 716 g/mol. The second-order valence-electron chi connectivity index (χ2n) is 9.77.